The van der Waals surface area contributed by atoms with Gasteiger partial charge < -0.3 is 9.47 Å². The van der Waals surface area contributed by atoms with E-state index in [1.54, 1.807) is 0 Å². The number of hydrogen-bond donors (Lipinski definition) is 0. The lowest BCUT2D eigenvalue weighted by molar-refractivity contribution is 0.0871. The molecule has 0 atom stereocenters. The molecule has 0 bridgehead atoms. The van der Waals surface area contributed by atoms with Crippen molar-refractivity contribution in [3.05, 3.63) is 65.1 Å². The second kappa shape index (κ2) is 4.25. The summed E-state index contributed by atoms with van der Waals surface area (Å²) in [5, 5.41) is 2.06. The normalized spacial score (nSPS) is 20.2. The number of carbonyl (C=O) groups is 1. The Morgan fingerprint density at radius 1 is 1.13 bits per heavy atom. The fourth-order valence-corrected chi connectivity index (χ4v) is 3.82. The van der Waals surface area contributed by atoms with Crippen LogP contribution in [0.4, 0.5) is 0 Å². The van der Waals surface area contributed by atoms with E-state index in [0.717, 1.165) is 40.3 Å². The minimum absolute atomic E-state index is 0.105. The number of ether oxygens (including phenoxy) is 2. The molecule has 3 heteroatoms. The topological polar surface area (TPSA) is 35.5 Å². The summed E-state index contributed by atoms with van der Waals surface area (Å²) in [7, 11) is 0. The van der Waals surface area contributed by atoms with Crippen LogP contribution in [0.2, 0.25) is 0 Å². The summed E-state index contributed by atoms with van der Waals surface area (Å²) < 4.78 is 11.6. The number of allylic oxidation sites excluding steroid dienone is 2. The van der Waals surface area contributed by atoms with Gasteiger partial charge in [-0.05, 0) is 25.2 Å². The number of fused-ring (bicyclic) bond motifs is 2. The molecule has 1 heterocycles. The van der Waals surface area contributed by atoms with Crippen LogP contribution in [-0.4, -0.2) is 12.4 Å². The highest BCUT2D eigenvalue weighted by Gasteiger charge is 2.53. The molecular formula is C20H16O3. The van der Waals surface area contributed by atoms with Crippen molar-refractivity contribution >= 4 is 22.3 Å². The van der Waals surface area contributed by atoms with Gasteiger partial charge in [0.05, 0.1) is 12.2 Å². The zero-order chi connectivity index (χ0) is 15.6. The zero-order valence-electron chi connectivity index (χ0n) is 12.9. The van der Waals surface area contributed by atoms with Gasteiger partial charge in [0.1, 0.15) is 5.76 Å². The highest BCUT2D eigenvalue weighted by molar-refractivity contribution is 6.25. The van der Waals surface area contributed by atoms with Gasteiger partial charge in [0.15, 0.2) is 5.78 Å². The second-order valence-corrected chi connectivity index (χ2v) is 6.40. The third kappa shape index (κ3) is 1.62. The maximum atomic E-state index is 13.1. The lowest BCUT2D eigenvalue weighted by Crippen LogP contribution is -2.24. The lowest BCUT2D eigenvalue weighted by atomic mass is 9.79. The summed E-state index contributed by atoms with van der Waals surface area (Å²) >= 11 is 0. The number of benzene rings is 2. The summed E-state index contributed by atoms with van der Waals surface area (Å²) in [5.41, 5.74) is 2.42. The molecule has 1 saturated carbocycles. The lowest BCUT2D eigenvalue weighted by Gasteiger charge is -2.30. The minimum atomic E-state index is -0.190. The van der Waals surface area contributed by atoms with Gasteiger partial charge in [-0.15, -0.1) is 0 Å². The molecule has 1 aliphatic heterocycles. The van der Waals surface area contributed by atoms with Crippen LogP contribution in [0.15, 0.2) is 54.0 Å². The molecule has 3 nitrogen and oxygen atoms in total. The van der Waals surface area contributed by atoms with E-state index in [-0.39, 0.29) is 11.2 Å². The molecule has 2 aromatic rings. The van der Waals surface area contributed by atoms with Gasteiger partial charge in [-0.2, -0.15) is 0 Å². The maximum absolute atomic E-state index is 13.1. The van der Waals surface area contributed by atoms with Crippen LogP contribution in [0.25, 0.3) is 16.5 Å². The van der Waals surface area contributed by atoms with Crippen molar-refractivity contribution in [2.24, 2.45) is 5.41 Å². The third-order valence-electron chi connectivity index (χ3n) is 5.02. The Balaban J connectivity index is 1.80. The van der Waals surface area contributed by atoms with Crippen LogP contribution in [0.1, 0.15) is 35.7 Å². The molecule has 0 N–H and O–H groups in total. The highest BCUT2D eigenvalue weighted by Crippen LogP contribution is 2.60. The van der Waals surface area contributed by atoms with E-state index in [1.807, 2.05) is 49.4 Å². The molecule has 2 aliphatic carbocycles. The molecule has 0 aromatic heterocycles. The first kappa shape index (κ1) is 12.9. The Hall–Kier alpha value is -2.55. The van der Waals surface area contributed by atoms with E-state index in [4.69, 9.17) is 9.47 Å². The number of Topliss-reactive ketones (excluding diaryl/α,β-unsaturated/α-hetero) is 1. The molecule has 0 saturated heterocycles. The standard InChI is InChI=1S/C20H16O3/c1-2-22-15-11-20(9-10-20)17-18(21)13-7-3-5-12-6-4-8-14(16(12)13)19(17)23-15/h3-8,11H,2,9-10H2,1H3. The number of rotatable bonds is 2. The van der Waals surface area contributed by atoms with Gasteiger partial charge in [-0.25, -0.2) is 0 Å². The Labute approximate surface area is 134 Å². The van der Waals surface area contributed by atoms with E-state index in [2.05, 4.69) is 0 Å². The molecule has 1 spiro atoms. The number of hydrogen-bond acceptors (Lipinski definition) is 3. The summed E-state index contributed by atoms with van der Waals surface area (Å²) in [6, 6.07) is 12.0. The van der Waals surface area contributed by atoms with Crippen molar-refractivity contribution in [1.82, 2.24) is 0 Å². The van der Waals surface area contributed by atoms with E-state index in [9.17, 15) is 4.79 Å². The first-order valence-electron chi connectivity index (χ1n) is 8.08. The Morgan fingerprint density at radius 3 is 2.57 bits per heavy atom. The molecule has 1 fully saturated rings. The van der Waals surface area contributed by atoms with E-state index in [1.165, 1.54) is 0 Å². The van der Waals surface area contributed by atoms with E-state index >= 15 is 0 Å². The van der Waals surface area contributed by atoms with Crippen molar-refractivity contribution in [2.75, 3.05) is 6.61 Å². The fourth-order valence-electron chi connectivity index (χ4n) is 3.82. The van der Waals surface area contributed by atoms with Crippen LogP contribution in [-0.2, 0) is 9.47 Å². The Kier molecular flexibility index (Phi) is 2.39. The van der Waals surface area contributed by atoms with Gasteiger partial charge in [0.2, 0.25) is 0 Å². The highest BCUT2D eigenvalue weighted by atomic mass is 16.7. The Morgan fingerprint density at radius 2 is 1.87 bits per heavy atom. The van der Waals surface area contributed by atoms with Gasteiger partial charge in [0.25, 0.3) is 5.95 Å². The van der Waals surface area contributed by atoms with Crippen LogP contribution >= 0.6 is 0 Å². The molecular weight excluding hydrogens is 288 g/mol. The van der Waals surface area contributed by atoms with Crippen molar-refractivity contribution < 1.29 is 14.3 Å². The van der Waals surface area contributed by atoms with Gasteiger partial charge >= 0.3 is 0 Å². The molecule has 0 radical (unpaired) electrons. The van der Waals surface area contributed by atoms with Crippen molar-refractivity contribution in [3.8, 4) is 0 Å². The molecule has 0 unspecified atom stereocenters. The molecule has 23 heavy (non-hydrogen) atoms. The first-order valence-corrected chi connectivity index (χ1v) is 8.08. The molecule has 3 aliphatic rings. The van der Waals surface area contributed by atoms with Gasteiger partial charge in [-0.3, -0.25) is 4.79 Å². The predicted molar refractivity (Wildman–Crippen MR) is 87.7 cm³/mol. The summed E-state index contributed by atoms with van der Waals surface area (Å²) in [6.45, 7) is 2.50. The fraction of sp³-hybridized carbons (Fsp3) is 0.250. The second-order valence-electron chi connectivity index (χ2n) is 6.40. The molecule has 0 amide bonds. The maximum Gasteiger partial charge on any atom is 0.281 e. The number of carbonyl (C=O) groups excluding carboxylic acids is 1. The molecule has 2 aromatic carbocycles. The van der Waals surface area contributed by atoms with Crippen LogP contribution in [0.5, 0.6) is 0 Å². The quantitative estimate of drug-likeness (QED) is 0.823. The average Bonchev–Trinajstić information content (AvgIpc) is 3.31. The monoisotopic (exact) mass is 304 g/mol. The van der Waals surface area contributed by atoms with E-state index < -0.39 is 0 Å². The van der Waals surface area contributed by atoms with Gasteiger partial charge in [-0.1, -0.05) is 36.4 Å². The minimum Gasteiger partial charge on any atom is -0.466 e. The zero-order valence-corrected chi connectivity index (χ0v) is 12.9. The van der Waals surface area contributed by atoms with E-state index in [0.29, 0.717) is 18.3 Å². The summed E-state index contributed by atoms with van der Waals surface area (Å²) in [5.74, 6) is 1.34. The average molecular weight is 304 g/mol. The van der Waals surface area contributed by atoms with Gasteiger partial charge in [0, 0.05) is 28.0 Å². The molecule has 5 rings (SSSR count). The van der Waals surface area contributed by atoms with Crippen molar-refractivity contribution in [3.63, 3.8) is 0 Å². The SMILES string of the molecule is CCOC1=CC2(CC2)C2=C(O1)c1cccc3cccc(c13)C2=O. The first-order chi connectivity index (χ1) is 11.2. The van der Waals surface area contributed by atoms with Crippen LogP contribution < -0.4 is 0 Å². The number of ketones is 1. The van der Waals surface area contributed by atoms with Crippen molar-refractivity contribution in [2.45, 2.75) is 19.8 Å². The molecule has 114 valence electrons. The Bertz CT molecular complexity index is 924. The van der Waals surface area contributed by atoms with Crippen LogP contribution in [0, 0.1) is 5.41 Å². The van der Waals surface area contributed by atoms with Crippen molar-refractivity contribution in [1.29, 1.82) is 0 Å². The third-order valence-corrected chi connectivity index (χ3v) is 5.02. The predicted octanol–water partition coefficient (Wildman–Crippen LogP) is 4.44. The summed E-state index contributed by atoms with van der Waals surface area (Å²) in [6.07, 6.45) is 3.96. The van der Waals surface area contributed by atoms with Crippen LogP contribution in [0.3, 0.4) is 0 Å². The summed E-state index contributed by atoms with van der Waals surface area (Å²) in [4.78, 5) is 13.1. The smallest absolute Gasteiger partial charge is 0.281 e. The largest absolute Gasteiger partial charge is 0.466 e.